The van der Waals surface area contributed by atoms with Gasteiger partial charge in [0.05, 0.1) is 18.8 Å². The van der Waals surface area contributed by atoms with E-state index in [1.54, 1.807) is 12.0 Å². The average Bonchev–Trinajstić information content (AvgIpc) is 2.44. The SMILES string of the molecule is CCCCN(CCO)C(=O)NC1CCCCC1OC. The maximum atomic E-state index is 12.2. The van der Waals surface area contributed by atoms with Crippen LogP contribution >= 0.6 is 0 Å². The van der Waals surface area contributed by atoms with E-state index in [0.29, 0.717) is 13.1 Å². The number of hydrogen-bond acceptors (Lipinski definition) is 3. The number of rotatable bonds is 7. The predicted molar refractivity (Wildman–Crippen MR) is 75.2 cm³/mol. The maximum absolute atomic E-state index is 12.2. The van der Waals surface area contributed by atoms with E-state index in [1.165, 1.54) is 6.42 Å². The summed E-state index contributed by atoms with van der Waals surface area (Å²) < 4.78 is 5.44. The third-order valence-corrected chi connectivity index (χ3v) is 3.75. The zero-order valence-electron chi connectivity index (χ0n) is 12.2. The van der Waals surface area contributed by atoms with Gasteiger partial charge in [-0.2, -0.15) is 0 Å². The molecule has 5 nitrogen and oxygen atoms in total. The van der Waals surface area contributed by atoms with Crippen LogP contribution in [0.5, 0.6) is 0 Å². The number of nitrogens with one attached hydrogen (secondary N) is 1. The first-order valence-electron chi connectivity index (χ1n) is 7.42. The first kappa shape index (κ1) is 16.2. The number of aliphatic hydroxyl groups excluding tert-OH is 1. The van der Waals surface area contributed by atoms with Gasteiger partial charge in [0.25, 0.3) is 0 Å². The standard InChI is InChI=1S/C14H28N2O3/c1-3-4-9-16(10-11-17)14(18)15-12-7-5-6-8-13(12)19-2/h12-13,17H,3-11H2,1-2H3,(H,15,18). The number of aliphatic hydroxyl groups is 1. The van der Waals surface area contributed by atoms with Gasteiger partial charge in [0.2, 0.25) is 0 Å². The van der Waals surface area contributed by atoms with Crippen molar-refractivity contribution >= 4 is 6.03 Å². The molecule has 2 amide bonds. The molecule has 1 saturated carbocycles. The molecule has 1 aliphatic carbocycles. The molecule has 0 bridgehead atoms. The zero-order valence-corrected chi connectivity index (χ0v) is 12.2. The fraction of sp³-hybridized carbons (Fsp3) is 0.929. The van der Waals surface area contributed by atoms with E-state index in [4.69, 9.17) is 9.84 Å². The molecule has 112 valence electrons. The van der Waals surface area contributed by atoms with Crippen molar-refractivity contribution in [2.75, 3.05) is 26.8 Å². The molecule has 5 heteroatoms. The Bertz CT molecular complexity index is 261. The van der Waals surface area contributed by atoms with Crippen molar-refractivity contribution in [3.8, 4) is 0 Å². The van der Waals surface area contributed by atoms with E-state index >= 15 is 0 Å². The van der Waals surface area contributed by atoms with Crippen LogP contribution < -0.4 is 5.32 Å². The summed E-state index contributed by atoms with van der Waals surface area (Å²) in [6.45, 7) is 3.20. The van der Waals surface area contributed by atoms with E-state index in [2.05, 4.69) is 12.2 Å². The highest BCUT2D eigenvalue weighted by molar-refractivity contribution is 5.74. The van der Waals surface area contributed by atoms with Gasteiger partial charge in [-0.05, 0) is 19.3 Å². The van der Waals surface area contributed by atoms with Crippen molar-refractivity contribution in [3.05, 3.63) is 0 Å². The second-order valence-electron chi connectivity index (χ2n) is 5.18. The lowest BCUT2D eigenvalue weighted by Gasteiger charge is -2.33. The molecule has 0 aromatic carbocycles. The Morgan fingerprint density at radius 1 is 1.37 bits per heavy atom. The average molecular weight is 272 g/mol. The Morgan fingerprint density at radius 3 is 2.74 bits per heavy atom. The highest BCUT2D eigenvalue weighted by Gasteiger charge is 2.27. The quantitative estimate of drug-likeness (QED) is 0.742. The number of urea groups is 1. The minimum absolute atomic E-state index is 0.00943. The number of methoxy groups -OCH3 is 1. The molecule has 1 fully saturated rings. The number of carbonyl (C=O) groups excluding carboxylic acids is 1. The van der Waals surface area contributed by atoms with Crippen molar-refractivity contribution in [3.63, 3.8) is 0 Å². The molecule has 19 heavy (non-hydrogen) atoms. The van der Waals surface area contributed by atoms with Crippen LogP contribution in [-0.2, 0) is 4.74 Å². The van der Waals surface area contributed by atoms with E-state index in [9.17, 15) is 4.79 Å². The number of carbonyl (C=O) groups is 1. The van der Waals surface area contributed by atoms with Crippen molar-refractivity contribution in [1.82, 2.24) is 10.2 Å². The van der Waals surface area contributed by atoms with E-state index in [1.807, 2.05) is 0 Å². The topological polar surface area (TPSA) is 61.8 Å². The second-order valence-corrected chi connectivity index (χ2v) is 5.18. The molecule has 0 heterocycles. The monoisotopic (exact) mass is 272 g/mol. The summed E-state index contributed by atoms with van der Waals surface area (Å²) in [4.78, 5) is 13.9. The second kappa shape index (κ2) is 9.15. The van der Waals surface area contributed by atoms with Crippen molar-refractivity contribution in [2.24, 2.45) is 0 Å². The normalized spacial score (nSPS) is 23.1. The Labute approximate surface area is 116 Å². The molecule has 0 aromatic rings. The molecule has 0 aromatic heterocycles. The summed E-state index contributed by atoms with van der Waals surface area (Å²) in [7, 11) is 1.71. The van der Waals surface area contributed by atoms with E-state index < -0.39 is 0 Å². The van der Waals surface area contributed by atoms with Crippen LogP contribution in [-0.4, -0.2) is 55.0 Å². The van der Waals surface area contributed by atoms with Crippen LogP contribution in [0.15, 0.2) is 0 Å². The third kappa shape index (κ3) is 5.37. The molecule has 2 atom stereocenters. The number of ether oxygens (including phenoxy) is 1. The smallest absolute Gasteiger partial charge is 0.317 e. The van der Waals surface area contributed by atoms with Gasteiger partial charge in [-0.3, -0.25) is 0 Å². The summed E-state index contributed by atoms with van der Waals surface area (Å²) in [5.41, 5.74) is 0. The first-order chi connectivity index (χ1) is 9.22. The van der Waals surface area contributed by atoms with Gasteiger partial charge in [0.1, 0.15) is 0 Å². The number of unbranched alkanes of at least 4 members (excludes halogenated alkanes) is 1. The first-order valence-corrected chi connectivity index (χ1v) is 7.42. The molecular formula is C14H28N2O3. The van der Waals surface area contributed by atoms with Gasteiger partial charge < -0.3 is 20.1 Å². The van der Waals surface area contributed by atoms with Crippen LogP contribution in [0.25, 0.3) is 0 Å². The van der Waals surface area contributed by atoms with Crippen LogP contribution in [0.2, 0.25) is 0 Å². The van der Waals surface area contributed by atoms with Crippen LogP contribution in [0.1, 0.15) is 45.4 Å². The minimum Gasteiger partial charge on any atom is -0.395 e. The van der Waals surface area contributed by atoms with Crippen LogP contribution in [0.4, 0.5) is 4.79 Å². The Balaban J connectivity index is 2.48. The lowest BCUT2D eigenvalue weighted by Crippen LogP contribution is -2.51. The largest absolute Gasteiger partial charge is 0.395 e. The van der Waals surface area contributed by atoms with Crippen molar-refractivity contribution in [1.29, 1.82) is 0 Å². The molecule has 2 N–H and O–H groups in total. The van der Waals surface area contributed by atoms with Gasteiger partial charge >= 0.3 is 6.03 Å². The van der Waals surface area contributed by atoms with Crippen LogP contribution in [0, 0.1) is 0 Å². The Hall–Kier alpha value is -0.810. The number of nitrogens with zero attached hydrogens (tertiary/aromatic N) is 1. The fourth-order valence-electron chi connectivity index (χ4n) is 2.58. The van der Waals surface area contributed by atoms with Crippen molar-refractivity contribution < 1.29 is 14.6 Å². The number of amides is 2. The fourth-order valence-corrected chi connectivity index (χ4v) is 2.58. The summed E-state index contributed by atoms with van der Waals surface area (Å²) in [6, 6.07) is 0.0329. The Kier molecular flexibility index (Phi) is 7.82. The van der Waals surface area contributed by atoms with Crippen LogP contribution in [0.3, 0.4) is 0 Å². The minimum atomic E-state index is -0.0727. The lowest BCUT2D eigenvalue weighted by molar-refractivity contribution is 0.0427. The molecule has 0 spiro atoms. The lowest BCUT2D eigenvalue weighted by atomic mass is 9.92. The van der Waals surface area contributed by atoms with Gasteiger partial charge in [0.15, 0.2) is 0 Å². The summed E-state index contributed by atoms with van der Waals surface area (Å²) in [6.07, 6.45) is 6.42. The maximum Gasteiger partial charge on any atom is 0.317 e. The molecule has 0 aliphatic heterocycles. The zero-order chi connectivity index (χ0) is 14.1. The molecule has 1 aliphatic rings. The third-order valence-electron chi connectivity index (χ3n) is 3.75. The molecule has 1 rings (SSSR count). The molecule has 2 unspecified atom stereocenters. The highest BCUT2D eigenvalue weighted by atomic mass is 16.5. The number of hydrogen-bond donors (Lipinski definition) is 2. The van der Waals surface area contributed by atoms with Gasteiger partial charge in [-0.15, -0.1) is 0 Å². The molecular weight excluding hydrogens is 244 g/mol. The van der Waals surface area contributed by atoms with Gasteiger partial charge in [-0.1, -0.05) is 26.2 Å². The molecule has 0 radical (unpaired) electrons. The summed E-state index contributed by atoms with van der Waals surface area (Å²) in [5.74, 6) is 0. The van der Waals surface area contributed by atoms with Gasteiger partial charge in [-0.25, -0.2) is 4.79 Å². The van der Waals surface area contributed by atoms with E-state index in [0.717, 1.165) is 32.1 Å². The Morgan fingerprint density at radius 2 is 2.11 bits per heavy atom. The predicted octanol–water partition coefficient (Wildman–Crippen LogP) is 1.75. The summed E-state index contributed by atoms with van der Waals surface area (Å²) >= 11 is 0. The molecule has 0 saturated heterocycles. The van der Waals surface area contributed by atoms with Gasteiger partial charge in [0, 0.05) is 20.2 Å². The summed E-state index contributed by atoms with van der Waals surface area (Å²) in [5, 5.41) is 12.1. The van der Waals surface area contributed by atoms with E-state index in [-0.39, 0.29) is 24.8 Å². The highest BCUT2D eigenvalue weighted by Crippen LogP contribution is 2.20. The van der Waals surface area contributed by atoms with Crippen molar-refractivity contribution in [2.45, 2.75) is 57.6 Å².